The zero-order chi connectivity index (χ0) is 14.4. The lowest BCUT2D eigenvalue weighted by Crippen LogP contribution is -2.39. The minimum atomic E-state index is -2.35. The van der Waals surface area contributed by atoms with Gasteiger partial charge in [0.2, 0.25) is 0 Å². The Morgan fingerprint density at radius 1 is 1.25 bits per heavy atom. The minimum Gasteiger partial charge on any atom is -0.382 e. The molecule has 1 aliphatic heterocycles. The number of hydrogen-bond donors (Lipinski definition) is 1. The highest BCUT2D eigenvalue weighted by molar-refractivity contribution is 7.99. The lowest BCUT2D eigenvalue weighted by molar-refractivity contribution is 0.219. The van der Waals surface area contributed by atoms with E-state index < -0.39 is 5.76 Å². The number of piperidine rings is 1. The summed E-state index contributed by atoms with van der Waals surface area (Å²) in [5, 5.41) is 3.50. The lowest BCUT2D eigenvalue weighted by atomic mass is 10.0. The molecule has 1 saturated heterocycles. The quantitative estimate of drug-likeness (QED) is 0.789. The number of alkyl halides is 2. The highest BCUT2D eigenvalue weighted by atomic mass is 32.2. The van der Waals surface area contributed by atoms with Gasteiger partial charge >= 0.3 is 0 Å². The molecule has 1 aromatic rings. The van der Waals surface area contributed by atoms with Crippen molar-refractivity contribution in [1.29, 1.82) is 0 Å². The van der Waals surface area contributed by atoms with Gasteiger partial charge in [-0.05, 0) is 50.1 Å². The summed E-state index contributed by atoms with van der Waals surface area (Å²) < 4.78 is 24.5. The topological polar surface area (TPSA) is 15.3 Å². The number of hydrogen-bond acceptors (Lipinski definition) is 3. The number of anilines is 1. The Labute approximate surface area is 123 Å². The van der Waals surface area contributed by atoms with E-state index in [9.17, 15) is 8.78 Å². The van der Waals surface area contributed by atoms with Gasteiger partial charge in [0.1, 0.15) is 0 Å². The number of likely N-dealkylation sites (tertiary alicyclic amines) is 1. The number of thioether (sulfide) groups is 1. The van der Waals surface area contributed by atoms with Crippen LogP contribution in [-0.4, -0.2) is 36.3 Å². The zero-order valence-electron chi connectivity index (χ0n) is 11.8. The van der Waals surface area contributed by atoms with E-state index >= 15 is 0 Å². The van der Waals surface area contributed by atoms with Gasteiger partial charge in [-0.2, -0.15) is 8.78 Å². The fourth-order valence-corrected chi connectivity index (χ4v) is 3.08. The molecule has 0 radical (unpaired) electrons. The molecule has 0 aromatic heterocycles. The molecule has 0 aliphatic carbocycles. The van der Waals surface area contributed by atoms with E-state index in [-0.39, 0.29) is 0 Å². The SMILES string of the molecule is CCCN1CCC(Nc2ccc(SC(F)F)cc2)CC1. The second-order valence-electron chi connectivity index (χ2n) is 5.16. The fourth-order valence-electron chi connectivity index (χ4n) is 2.59. The molecule has 112 valence electrons. The molecule has 0 unspecified atom stereocenters. The summed E-state index contributed by atoms with van der Waals surface area (Å²) in [6.07, 6.45) is 3.50. The molecule has 1 fully saturated rings. The predicted molar refractivity (Wildman–Crippen MR) is 81.7 cm³/mol. The number of benzene rings is 1. The highest BCUT2D eigenvalue weighted by Gasteiger charge is 2.18. The van der Waals surface area contributed by atoms with Crippen LogP contribution in [0, 0.1) is 0 Å². The molecule has 0 atom stereocenters. The number of rotatable bonds is 6. The Bertz CT molecular complexity index is 389. The molecule has 0 bridgehead atoms. The van der Waals surface area contributed by atoms with Crippen molar-refractivity contribution in [3.63, 3.8) is 0 Å². The maximum Gasteiger partial charge on any atom is 0.288 e. The number of nitrogens with one attached hydrogen (secondary N) is 1. The molecule has 0 saturated carbocycles. The van der Waals surface area contributed by atoms with Crippen molar-refractivity contribution in [2.45, 2.75) is 42.9 Å². The zero-order valence-corrected chi connectivity index (χ0v) is 12.6. The second-order valence-corrected chi connectivity index (χ2v) is 6.23. The van der Waals surface area contributed by atoms with E-state index in [1.165, 1.54) is 13.0 Å². The Morgan fingerprint density at radius 2 is 1.90 bits per heavy atom. The molecule has 2 nitrogen and oxygen atoms in total. The molecule has 5 heteroatoms. The van der Waals surface area contributed by atoms with Crippen molar-refractivity contribution in [3.8, 4) is 0 Å². The van der Waals surface area contributed by atoms with Gasteiger partial charge < -0.3 is 10.2 Å². The van der Waals surface area contributed by atoms with E-state index in [0.29, 0.717) is 22.7 Å². The molecule has 1 aromatic carbocycles. The average molecular weight is 300 g/mol. The smallest absolute Gasteiger partial charge is 0.288 e. The van der Waals surface area contributed by atoms with Crippen molar-refractivity contribution in [2.75, 3.05) is 25.0 Å². The van der Waals surface area contributed by atoms with Crippen molar-refractivity contribution >= 4 is 17.4 Å². The second kappa shape index (κ2) is 7.84. The molecule has 0 amide bonds. The van der Waals surface area contributed by atoms with E-state index in [1.807, 2.05) is 12.1 Å². The van der Waals surface area contributed by atoms with Crippen LogP contribution < -0.4 is 5.32 Å². The van der Waals surface area contributed by atoms with Crippen LogP contribution in [-0.2, 0) is 0 Å². The Morgan fingerprint density at radius 3 is 2.45 bits per heavy atom. The molecule has 20 heavy (non-hydrogen) atoms. The van der Waals surface area contributed by atoms with Crippen molar-refractivity contribution in [3.05, 3.63) is 24.3 Å². The standard InChI is InChI=1S/C15H22F2N2S/c1-2-9-19-10-7-13(8-11-19)18-12-3-5-14(6-4-12)20-15(16)17/h3-6,13,15,18H,2,7-11H2,1H3. The summed E-state index contributed by atoms with van der Waals surface area (Å²) in [5.41, 5.74) is 1.03. The normalized spacial score (nSPS) is 17.6. The van der Waals surface area contributed by atoms with E-state index in [2.05, 4.69) is 17.1 Å². The van der Waals surface area contributed by atoms with Crippen LogP contribution in [0.4, 0.5) is 14.5 Å². The van der Waals surface area contributed by atoms with Gasteiger partial charge in [0, 0.05) is 29.7 Å². The Balaban J connectivity index is 1.79. The lowest BCUT2D eigenvalue weighted by Gasteiger charge is -2.32. The molecular formula is C15H22F2N2S. The Kier molecular flexibility index (Phi) is 6.10. The van der Waals surface area contributed by atoms with Crippen LogP contribution in [0.1, 0.15) is 26.2 Å². The summed E-state index contributed by atoms with van der Waals surface area (Å²) in [5.74, 6) is -2.35. The fraction of sp³-hybridized carbons (Fsp3) is 0.600. The highest BCUT2D eigenvalue weighted by Crippen LogP contribution is 2.26. The monoisotopic (exact) mass is 300 g/mol. The average Bonchev–Trinajstić information content (AvgIpc) is 2.43. The van der Waals surface area contributed by atoms with Gasteiger partial charge in [-0.15, -0.1) is 0 Å². The minimum absolute atomic E-state index is 0.497. The van der Waals surface area contributed by atoms with Crippen molar-refractivity contribution in [1.82, 2.24) is 4.90 Å². The summed E-state index contributed by atoms with van der Waals surface area (Å²) in [7, 11) is 0. The van der Waals surface area contributed by atoms with Crippen molar-refractivity contribution in [2.24, 2.45) is 0 Å². The van der Waals surface area contributed by atoms with Gasteiger partial charge in [-0.25, -0.2) is 0 Å². The van der Waals surface area contributed by atoms with Gasteiger partial charge in [0.25, 0.3) is 5.76 Å². The van der Waals surface area contributed by atoms with E-state index in [0.717, 1.165) is 31.6 Å². The third-order valence-corrected chi connectivity index (χ3v) is 4.30. The first-order valence-corrected chi connectivity index (χ1v) is 8.09. The molecule has 0 spiro atoms. The summed E-state index contributed by atoms with van der Waals surface area (Å²) in [4.78, 5) is 3.11. The predicted octanol–water partition coefficient (Wildman–Crippen LogP) is 4.29. The van der Waals surface area contributed by atoms with Crippen LogP contribution in [0.15, 0.2) is 29.2 Å². The van der Waals surface area contributed by atoms with Crippen LogP contribution in [0.2, 0.25) is 0 Å². The van der Waals surface area contributed by atoms with Crippen LogP contribution >= 0.6 is 11.8 Å². The number of halogens is 2. The van der Waals surface area contributed by atoms with E-state index in [4.69, 9.17) is 0 Å². The molecule has 1 aliphatic rings. The summed E-state index contributed by atoms with van der Waals surface area (Å²) >= 11 is 0.591. The van der Waals surface area contributed by atoms with Gasteiger partial charge in [0.15, 0.2) is 0 Å². The summed E-state index contributed by atoms with van der Waals surface area (Å²) in [6.45, 7) is 5.69. The largest absolute Gasteiger partial charge is 0.382 e. The molecule has 1 N–H and O–H groups in total. The first-order valence-electron chi connectivity index (χ1n) is 7.21. The first kappa shape index (κ1) is 15.6. The van der Waals surface area contributed by atoms with Crippen LogP contribution in [0.5, 0.6) is 0 Å². The van der Waals surface area contributed by atoms with Crippen molar-refractivity contribution < 1.29 is 8.78 Å². The molecule has 1 heterocycles. The summed E-state index contributed by atoms with van der Waals surface area (Å²) in [6, 6.07) is 7.79. The van der Waals surface area contributed by atoms with Gasteiger partial charge in [-0.3, -0.25) is 0 Å². The van der Waals surface area contributed by atoms with E-state index in [1.54, 1.807) is 12.1 Å². The maximum atomic E-state index is 12.2. The van der Waals surface area contributed by atoms with Gasteiger partial charge in [0.05, 0.1) is 0 Å². The molecule has 2 rings (SSSR count). The molecular weight excluding hydrogens is 278 g/mol. The third-order valence-electron chi connectivity index (χ3n) is 3.58. The van der Waals surface area contributed by atoms with Crippen LogP contribution in [0.3, 0.4) is 0 Å². The Hall–Kier alpha value is -0.810. The first-order chi connectivity index (χ1) is 9.67. The maximum absolute atomic E-state index is 12.2. The van der Waals surface area contributed by atoms with Gasteiger partial charge in [-0.1, -0.05) is 18.7 Å². The third kappa shape index (κ3) is 4.94. The van der Waals surface area contributed by atoms with Crippen LogP contribution in [0.25, 0.3) is 0 Å². The number of nitrogens with zero attached hydrogens (tertiary/aromatic N) is 1.